The normalized spacial score (nSPS) is 28.5. The summed E-state index contributed by atoms with van der Waals surface area (Å²) in [5, 5.41) is 3.66. The molecule has 1 aliphatic rings. The summed E-state index contributed by atoms with van der Waals surface area (Å²) >= 11 is 7.36. The number of anilines is 1. The first-order valence-corrected chi connectivity index (χ1v) is 8.01. The maximum absolute atomic E-state index is 3.68. The molecule has 0 aromatic heterocycles. The largest absolute Gasteiger partial charge is 0.364 e. The molecule has 2 unspecified atom stereocenters. The molecular formula is C14H20Br2N2. The van der Waals surface area contributed by atoms with Gasteiger partial charge in [0, 0.05) is 33.6 Å². The van der Waals surface area contributed by atoms with Crippen molar-refractivity contribution in [2.45, 2.75) is 38.8 Å². The minimum absolute atomic E-state index is 0.196. The van der Waals surface area contributed by atoms with Crippen LogP contribution in [0.25, 0.3) is 0 Å². The average molecular weight is 376 g/mol. The van der Waals surface area contributed by atoms with Crippen molar-refractivity contribution >= 4 is 37.5 Å². The van der Waals surface area contributed by atoms with Gasteiger partial charge in [0.1, 0.15) is 0 Å². The van der Waals surface area contributed by atoms with E-state index < -0.39 is 0 Å². The van der Waals surface area contributed by atoms with Gasteiger partial charge in [-0.15, -0.1) is 0 Å². The highest BCUT2D eigenvalue weighted by molar-refractivity contribution is 9.11. The Bertz CT molecular complexity index is 416. The Morgan fingerprint density at radius 1 is 1.39 bits per heavy atom. The first-order valence-electron chi connectivity index (χ1n) is 6.42. The van der Waals surface area contributed by atoms with Crippen molar-refractivity contribution in [3.05, 3.63) is 27.1 Å². The van der Waals surface area contributed by atoms with Crippen LogP contribution in [0.3, 0.4) is 0 Å². The molecule has 2 atom stereocenters. The highest BCUT2D eigenvalue weighted by atomic mass is 79.9. The summed E-state index contributed by atoms with van der Waals surface area (Å²) in [4.78, 5) is 2.49. The Labute approximate surface area is 126 Å². The van der Waals surface area contributed by atoms with Crippen molar-refractivity contribution in [3.8, 4) is 0 Å². The van der Waals surface area contributed by atoms with Crippen LogP contribution in [-0.4, -0.2) is 24.7 Å². The lowest BCUT2D eigenvalue weighted by Gasteiger charge is -2.46. The maximum atomic E-state index is 3.68. The minimum atomic E-state index is 0.196. The van der Waals surface area contributed by atoms with Gasteiger partial charge in [0.15, 0.2) is 0 Å². The van der Waals surface area contributed by atoms with Gasteiger partial charge < -0.3 is 10.2 Å². The number of benzene rings is 1. The third kappa shape index (κ3) is 2.75. The minimum Gasteiger partial charge on any atom is -0.364 e. The highest BCUT2D eigenvalue weighted by Crippen LogP contribution is 2.37. The molecule has 1 aromatic carbocycles. The molecule has 1 fully saturated rings. The molecule has 0 spiro atoms. The van der Waals surface area contributed by atoms with E-state index in [4.69, 9.17) is 0 Å². The summed E-state index contributed by atoms with van der Waals surface area (Å²) in [5.41, 5.74) is 1.47. The fourth-order valence-corrected chi connectivity index (χ4v) is 3.85. The molecule has 18 heavy (non-hydrogen) atoms. The van der Waals surface area contributed by atoms with Gasteiger partial charge in [-0.1, -0.05) is 13.0 Å². The number of para-hydroxylation sites is 1. The topological polar surface area (TPSA) is 15.3 Å². The molecule has 0 bridgehead atoms. The molecular weight excluding hydrogens is 356 g/mol. The smallest absolute Gasteiger partial charge is 0.0658 e. The molecule has 1 aromatic rings. The molecule has 0 aliphatic carbocycles. The number of nitrogens with zero attached hydrogens (tertiary/aromatic N) is 1. The molecule has 0 radical (unpaired) electrons. The quantitative estimate of drug-likeness (QED) is 0.834. The second kappa shape index (κ2) is 5.51. The van der Waals surface area contributed by atoms with Crippen molar-refractivity contribution < 1.29 is 0 Å². The summed E-state index contributed by atoms with van der Waals surface area (Å²) in [5.74, 6) is 0. The fraction of sp³-hybridized carbons (Fsp3) is 0.571. The summed E-state index contributed by atoms with van der Waals surface area (Å²) in [7, 11) is 0. The number of hydrogen-bond donors (Lipinski definition) is 1. The lowest BCUT2D eigenvalue weighted by molar-refractivity contribution is 0.285. The molecule has 1 aliphatic heterocycles. The summed E-state index contributed by atoms with van der Waals surface area (Å²) < 4.78 is 2.31. The molecule has 0 saturated carbocycles. The van der Waals surface area contributed by atoms with Crippen LogP contribution in [0.5, 0.6) is 0 Å². The number of hydrogen-bond acceptors (Lipinski definition) is 2. The number of piperazine rings is 1. The molecule has 1 saturated heterocycles. The van der Waals surface area contributed by atoms with Crippen LogP contribution >= 0.6 is 31.9 Å². The van der Waals surface area contributed by atoms with Crippen molar-refractivity contribution in [2.75, 3.05) is 18.0 Å². The van der Waals surface area contributed by atoms with E-state index >= 15 is 0 Å². The molecule has 0 amide bonds. The number of halogens is 2. The SMILES string of the molecule is CCC1(C)CN(c2c(Br)cccc2Br)C(C)CN1. The number of nitrogens with one attached hydrogen (secondary N) is 1. The van der Waals surface area contributed by atoms with Crippen LogP contribution < -0.4 is 10.2 Å². The van der Waals surface area contributed by atoms with Gasteiger partial charge >= 0.3 is 0 Å². The predicted octanol–water partition coefficient (Wildman–Crippen LogP) is 4.18. The average Bonchev–Trinajstić information content (AvgIpc) is 2.34. The summed E-state index contributed by atoms with van der Waals surface area (Å²) in [6, 6.07) is 6.78. The van der Waals surface area contributed by atoms with Gasteiger partial charge in [-0.2, -0.15) is 0 Å². The lowest BCUT2D eigenvalue weighted by atomic mass is 9.93. The Hall–Kier alpha value is -0.0600. The first-order chi connectivity index (χ1) is 8.47. The van der Waals surface area contributed by atoms with E-state index in [0.717, 1.165) is 28.5 Å². The van der Waals surface area contributed by atoms with E-state index in [-0.39, 0.29) is 5.54 Å². The van der Waals surface area contributed by atoms with Gasteiger partial charge in [0.25, 0.3) is 0 Å². The molecule has 2 rings (SSSR count). The van der Waals surface area contributed by atoms with E-state index in [1.165, 1.54) is 5.69 Å². The van der Waals surface area contributed by atoms with Crippen LogP contribution in [-0.2, 0) is 0 Å². The van der Waals surface area contributed by atoms with E-state index in [2.05, 4.69) is 81.0 Å². The van der Waals surface area contributed by atoms with Crippen molar-refractivity contribution in [2.24, 2.45) is 0 Å². The monoisotopic (exact) mass is 374 g/mol. The van der Waals surface area contributed by atoms with Crippen LogP contribution in [0.1, 0.15) is 27.2 Å². The van der Waals surface area contributed by atoms with E-state index in [0.29, 0.717) is 6.04 Å². The lowest BCUT2D eigenvalue weighted by Crippen LogP contribution is -2.62. The fourth-order valence-electron chi connectivity index (χ4n) is 2.39. The predicted molar refractivity (Wildman–Crippen MR) is 85.3 cm³/mol. The van der Waals surface area contributed by atoms with Gasteiger partial charge in [-0.3, -0.25) is 0 Å². The molecule has 4 heteroatoms. The van der Waals surface area contributed by atoms with E-state index in [9.17, 15) is 0 Å². The van der Waals surface area contributed by atoms with Crippen LogP contribution in [0.15, 0.2) is 27.1 Å². The molecule has 1 heterocycles. The van der Waals surface area contributed by atoms with Gasteiger partial charge in [-0.25, -0.2) is 0 Å². The van der Waals surface area contributed by atoms with Crippen LogP contribution in [0, 0.1) is 0 Å². The Kier molecular flexibility index (Phi) is 4.40. The maximum Gasteiger partial charge on any atom is 0.0658 e. The second-order valence-corrected chi connectivity index (χ2v) is 7.05. The summed E-state index contributed by atoms with van der Waals surface area (Å²) in [6.07, 6.45) is 1.14. The second-order valence-electron chi connectivity index (χ2n) is 5.34. The zero-order valence-corrected chi connectivity index (χ0v) is 14.3. The van der Waals surface area contributed by atoms with Crippen molar-refractivity contribution in [1.29, 1.82) is 0 Å². The Balaban J connectivity index is 2.36. The van der Waals surface area contributed by atoms with Crippen LogP contribution in [0.2, 0.25) is 0 Å². The van der Waals surface area contributed by atoms with Crippen LogP contribution in [0.4, 0.5) is 5.69 Å². The van der Waals surface area contributed by atoms with Gasteiger partial charge in [0.2, 0.25) is 0 Å². The zero-order chi connectivity index (χ0) is 13.3. The molecule has 1 N–H and O–H groups in total. The van der Waals surface area contributed by atoms with Crippen molar-refractivity contribution in [1.82, 2.24) is 5.32 Å². The Morgan fingerprint density at radius 3 is 2.56 bits per heavy atom. The van der Waals surface area contributed by atoms with E-state index in [1.54, 1.807) is 0 Å². The highest BCUT2D eigenvalue weighted by Gasteiger charge is 2.34. The van der Waals surface area contributed by atoms with Gasteiger partial charge in [0.05, 0.1) is 5.69 Å². The summed E-state index contributed by atoms with van der Waals surface area (Å²) in [6.45, 7) is 8.88. The van der Waals surface area contributed by atoms with E-state index in [1.807, 2.05) is 0 Å². The zero-order valence-electron chi connectivity index (χ0n) is 11.1. The molecule has 2 nitrogen and oxygen atoms in total. The number of rotatable bonds is 2. The van der Waals surface area contributed by atoms with Gasteiger partial charge in [-0.05, 0) is 64.3 Å². The Morgan fingerprint density at radius 2 is 2.00 bits per heavy atom. The first kappa shape index (κ1) is 14.4. The molecule has 100 valence electrons. The third-order valence-electron chi connectivity index (χ3n) is 3.88. The standard InChI is InChI=1S/C14H20Br2N2/c1-4-14(3)9-18(10(2)8-17-14)13-11(15)6-5-7-12(13)16/h5-7,10,17H,4,8-9H2,1-3H3. The van der Waals surface area contributed by atoms with Crippen molar-refractivity contribution in [3.63, 3.8) is 0 Å². The third-order valence-corrected chi connectivity index (χ3v) is 5.16.